The molecule has 2 atom stereocenters. The monoisotopic (exact) mass is 189 g/mol. The second-order valence-electron chi connectivity index (χ2n) is 3.06. The van der Waals surface area contributed by atoms with Crippen LogP contribution in [0.25, 0.3) is 0 Å². The lowest BCUT2D eigenvalue weighted by Gasteiger charge is -2.33. The van der Waals surface area contributed by atoms with Gasteiger partial charge in [0.2, 0.25) is 8.96 Å². The predicted molar refractivity (Wildman–Crippen MR) is 56.3 cm³/mol. The van der Waals surface area contributed by atoms with E-state index in [4.69, 9.17) is 9.28 Å². The summed E-state index contributed by atoms with van der Waals surface area (Å²) in [6.45, 7) is 6.71. The fourth-order valence-corrected chi connectivity index (χ4v) is 1.35. The van der Waals surface area contributed by atoms with Crippen LogP contribution in [-0.4, -0.2) is 32.8 Å². The molecule has 0 saturated carbocycles. The van der Waals surface area contributed by atoms with E-state index in [1.807, 2.05) is 14.5 Å². The fraction of sp³-hybridized carbons (Fsp3) is 1.00. The molecule has 0 N–H and O–H groups in total. The Kier molecular flexibility index (Phi) is 6.20. The number of hydrogen-bond donors (Lipinski definition) is 0. The van der Waals surface area contributed by atoms with Gasteiger partial charge in [-0.25, -0.2) is 4.33 Å². The van der Waals surface area contributed by atoms with Gasteiger partial charge < -0.3 is 4.52 Å². The number of hydroxylamine groups is 1. The van der Waals surface area contributed by atoms with Gasteiger partial charge in [-0.05, 0) is 20.0 Å². The van der Waals surface area contributed by atoms with E-state index in [-0.39, 0.29) is 0 Å². The first-order valence-corrected chi connectivity index (χ1v) is 5.09. The van der Waals surface area contributed by atoms with Gasteiger partial charge in [0, 0.05) is 7.11 Å². The maximum absolute atomic E-state index is 5.58. The molecule has 12 heavy (non-hydrogen) atoms. The number of quaternary nitrogens is 1. The van der Waals surface area contributed by atoms with Crippen LogP contribution < -0.4 is 0 Å². The van der Waals surface area contributed by atoms with Crippen LogP contribution in [0.5, 0.6) is 0 Å². The van der Waals surface area contributed by atoms with Crippen molar-refractivity contribution in [1.29, 1.82) is 0 Å². The van der Waals surface area contributed by atoms with Gasteiger partial charge in [-0.15, -0.1) is 0 Å². The lowest BCUT2D eigenvalue weighted by molar-refractivity contribution is -0.874. The van der Waals surface area contributed by atoms with Gasteiger partial charge in [0.05, 0.1) is 7.05 Å². The van der Waals surface area contributed by atoms with Gasteiger partial charge in [0.25, 0.3) is 0 Å². The van der Waals surface area contributed by atoms with Crippen LogP contribution in [0.1, 0.15) is 6.92 Å². The summed E-state index contributed by atoms with van der Waals surface area (Å²) in [6.07, 6.45) is 0.925. The van der Waals surface area contributed by atoms with Crippen molar-refractivity contribution in [2.75, 3.05) is 14.2 Å². The molecule has 0 aromatic heterocycles. The Labute approximate surface area is 78.6 Å². The summed E-state index contributed by atoms with van der Waals surface area (Å²) < 4.78 is 11.2. The highest BCUT2D eigenvalue weighted by atomic mass is 31.1. The van der Waals surface area contributed by atoms with Crippen molar-refractivity contribution >= 4 is 23.3 Å². The van der Waals surface area contributed by atoms with Crippen molar-refractivity contribution < 1.29 is 13.6 Å². The average molecular weight is 189 g/mol. The van der Waals surface area contributed by atoms with Gasteiger partial charge in [-0.3, -0.25) is 4.76 Å². The Morgan fingerprint density at radius 3 is 2.42 bits per heavy atom. The molecule has 0 heterocycles. The molecular formula is C6H18B2NO2P+. The first-order valence-electron chi connectivity index (χ1n) is 4.23. The van der Waals surface area contributed by atoms with Gasteiger partial charge in [-0.1, -0.05) is 6.92 Å². The zero-order valence-electron chi connectivity index (χ0n) is 8.63. The van der Waals surface area contributed by atoms with Crippen molar-refractivity contribution in [3.8, 4) is 0 Å². The van der Waals surface area contributed by atoms with Crippen LogP contribution in [-0.2, 0) is 9.28 Å². The van der Waals surface area contributed by atoms with E-state index in [1.54, 1.807) is 7.11 Å². The summed E-state index contributed by atoms with van der Waals surface area (Å²) in [5.41, 5.74) is 0. The third kappa shape index (κ3) is 3.90. The highest BCUT2D eigenvalue weighted by molar-refractivity contribution is 7.27. The topological polar surface area (TPSA) is 18.5 Å². The lowest BCUT2D eigenvalue weighted by Crippen LogP contribution is -2.46. The van der Waals surface area contributed by atoms with Crippen molar-refractivity contribution in [1.82, 2.24) is 0 Å². The zero-order valence-corrected chi connectivity index (χ0v) is 9.63. The minimum absolute atomic E-state index is 0.333. The Balaban J connectivity index is 3.99. The van der Waals surface area contributed by atoms with Crippen molar-refractivity contribution in [2.24, 2.45) is 0 Å². The number of hydrogen-bond acceptors (Lipinski definition) is 2. The van der Waals surface area contributed by atoms with Gasteiger partial charge in [0.1, 0.15) is 0 Å². The molecule has 0 bridgehead atoms. The number of rotatable bonds is 6. The molecule has 6 heteroatoms. The molecule has 0 aliphatic heterocycles. The minimum Gasteiger partial charge on any atom is -0.315 e. The largest absolute Gasteiger partial charge is 0.434 e. The van der Waals surface area contributed by atoms with E-state index >= 15 is 0 Å². The van der Waals surface area contributed by atoms with Crippen molar-refractivity contribution in [2.45, 2.75) is 26.9 Å². The molecule has 0 amide bonds. The van der Waals surface area contributed by atoms with E-state index < -0.39 is 0 Å². The summed E-state index contributed by atoms with van der Waals surface area (Å²) in [4.78, 5) is 0. The first kappa shape index (κ1) is 12.4. The maximum Gasteiger partial charge on any atom is 0.434 e. The van der Waals surface area contributed by atoms with E-state index in [2.05, 4.69) is 20.6 Å². The number of nitrogens with zero attached hydrogens (tertiary/aromatic N) is 1. The molecule has 1 radical (unpaired) electrons. The highest BCUT2D eigenvalue weighted by Crippen LogP contribution is 2.29. The molecule has 0 aliphatic rings. The molecule has 69 valence electrons. The first-order chi connectivity index (χ1) is 5.56. The van der Waals surface area contributed by atoms with Gasteiger partial charge >= 0.3 is 14.3 Å². The zero-order chi connectivity index (χ0) is 9.61. The van der Waals surface area contributed by atoms with Crippen LogP contribution >= 0.6 is 8.96 Å². The summed E-state index contributed by atoms with van der Waals surface area (Å²) >= 11 is 0. The Morgan fingerprint density at radius 2 is 2.08 bits per heavy atom. The molecule has 0 aromatic rings. The summed E-state index contributed by atoms with van der Waals surface area (Å²) in [5.74, 6) is 0. The standard InChI is InChI=1S/C6H18B2NO2P/c1-6-7-11-9(4,8(2)3)12-10-5/h12H,6H2,1-5H3/q+1. The third-order valence-corrected chi connectivity index (χ3v) is 2.89. The van der Waals surface area contributed by atoms with Crippen LogP contribution in [0.3, 0.4) is 0 Å². The van der Waals surface area contributed by atoms with Crippen LogP contribution in [0.4, 0.5) is 0 Å². The Morgan fingerprint density at radius 1 is 1.50 bits per heavy atom. The SMILES string of the molecule is CC[B]O[N+](C)(POC)B(C)C. The smallest absolute Gasteiger partial charge is 0.315 e. The van der Waals surface area contributed by atoms with Crippen LogP contribution in [0, 0.1) is 0 Å². The molecule has 0 aromatic carbocycles. The van der Waals surface area contributed by atoms with E-state index in [9.17, 15) is 0 Å². The molecule has 3 nitrogen and oxygen atoms in total. The maximum atomic E-state index is 5.58. The second kappa shape index (κ2) is 5.98. The van der Waals surface area contributed by atoms with Crippen LogP contribution in [0.2, 0.25) is 20.0 Å². The van der Waals surface area contributed by atoms with Crippen LogP contribution in [0.15, 0.2) is 0 Å². The quantitative estimate of drug-likeness (QED) is 0.360. The van der Waals surface area contributed by atoms with E-state index in [1.165, 1.54) is 0 Å². The molecule has 2 unspecified atom stereocenters. The molecule has 0 spiro atoms. The minimum atomic E-state index is 0.333. The molecule has 0 aliphatic carbocycles. The normalized spacial score (nSPS) is 16.4. The highest BCUT2D eigenvalue weighted by Gasteiger charge is 2.33. The van der Waals surface area contributed by atoms with E-state index in [0.717, 1.165) is 6.32 Å². The molecule has 0 saturated heterocycles. The Bertz CT molecular complexity index is 128. The van der Waals surface area contributed by atoms with Crippen molar-refractivity contribution in [3.05, 3.63) is 0 Å². The van der Waals surface area contributed by atoms with E-state index in [0.29, 0.717) is 20.1 Å². The summed E-state index contributed by atoms with van der Waals surface area (Å²) in [5, 5.41) is 0. The molecule has 0 fully saturated rings. The average Bonchev–Trinajstić information content (AvgIpc) is 2.01. The molecular weight excluding hydrogens is 171 g/mol. The van der Waals surface area contributed by atoms with Crippen molar-refractivity contribution in [3.63, 3.8) is 0 Å². The van der Waals surface area contributed by atoms with Gasteiger partial charge in [-0.2, -0.15) is 0 Å². The lowest BCUT2D eigenvalue weighted by atomic mass is 9.68. The Hall–Kier alpha value is 0.440. The predicted octanol–water partition coefficient (Wildman–Crippen LogP) is 1.83. The molecule has 0 rings (SSSR count). The summed E-state index contributed by atoms with van der Waals surface area (Å²) in [7, 11) is 5.89. The third-order valence-electron chi connectivity index (χ3n) is 1.72. The fourth-order valence-electron chi connectivity index (χ4n) is 0.659. The summed E-state index contributed by atoms with van der Waals surface area (Å²) in [6, 6.07) is 0. The second-order valence-corrected chi connectivity index (χ2v) is 4.54. The van der Waals surface area contributed by atoms with Gasteiger partial charge in [0.15, 0.2) is 0 Å².